The number of hydrogen-bond acceptors (Lipinski definition) is 3. The van der Waals surface area contributed by atoms with Gasteiger partial charge in [-0.1, -0.05) is 24.6 Å². The number of amides is 1. The average Bonchev–Trinajstić information content (AvgIpc) is 2.57. The van der Waals surface area contributed by atoms with Crippen LogP contribution in [0.1, 0.15) is 30.4 Å². The standard InChI is InChI=1S/C19H26N2O2/c1-14-15(13-19(22)21-11-5-3-4-10-20)6-7-16-12-17(23-2)8-9-18(14)16/h6-9,12H,3-5,10-11,13,20H2,1-2H3,(H,21,22). The fourth-order valence-corrected chi connectivity index (χ4v) is 2.74. The van der Waals surface area contributed by atoms with Crippen LogP contribution in [0.2, 0.25) is 0 Å². The van der Waals surface area contributed by atoms with Crippen molar-refractivity contribution in [2.75, 3.05) is 20.2 Å². The highest BCUT2D eigenvalue weighted by molar-refractivity contribution is 5.89. The van der Waals surface area contributed by atoms with Gasteiger partial charge >= 0.3 is 0 Å². The van der Waals surface area contributed by atoms with Crippen LogP contribution in [-0.2, 0) is 11.2 Å². The quantitative estimate of drug-likeness (QED) is 0.736. The second-order valence-corrected chi connectivity index (χ2v) is 5.81. The molecule has 0 aliphatic heterocycles. The Bertz CT molecular complexity index is 668. The van der Waals surface area contributed by atoms with Gasteiger partial charge in [0.1, 0.15) is 5.75 Å². The van der Waals surface area contributed by atoms with E-state index in [4.69, 9.17) is 10.5 Å². The van der Waals surface area contributed by atoms with E-state index in [0.717, 1.165) is 54.6 Å². The first kappa shape index (κ1) is 17.3. The summed E-state index contributed by atoms with van der Waals surface area (Å²) in [5.41, 5.74) is 7.69. The van der Waals surface area contributed by atoms with Gasteiger partial charge in [-0.05, 0) is 60.3 Å². The maximum atomic E-state index is 12.1. The Morgan fingerprint density at radius 3 is 2.74 bits per heavy atom. The number of carbonyl (C=O) groups excluding carboxylic acids is 1. The number of benzene rings is 2. The third-order valence-corrected chi connectivity index (χ3v) is 4.16. The van der Waals surface area contributed by atoms with E-state index in [1.165, 1.54) is 5.39 Å². The molecule has 0 fully saturated rings. The Morgan fingerprint density at radius 2 is 2.00 bits per heavy atom. The molecule has 0 aliphatic rings. The van der Waals surface area contributed by atoms with E-state index in [1.807, 2.05) is 18.2 Å². The fourth-order valence-electron chi connectivity index (χ4n) is 2.74. The molecule has 0 aromatic heterocycles. The molecule has 2 aromatic carbocycles. The molecule has 0 bridgehead atoms. The lowest BCUT2D eigenvalue weighted by molar-refractivity contribution is -0.120. The molecule has 1 amide bonds. The predicted molar refractivity (Wildman–Crippen MR) is 94.9 cm³/mol. The number of fused-ring (bicyclic) bond motifs is 1. The second kappa shape index (κ2) is 8.53. The molecular formula is C19H26N2O2. The lowest BCUT2D eigenvalue weighted by Gasteiger charge is -2.11. The number of hydrogen-bond donors (Lipinski definition) is 2. The summed E-state index contributed by atoms with van der Waals surface area (Å²) in [6.45, 7) is 3.51. The van der Waals surface area contributed by atoms with Crippen LogP contribution in [0.25, 0.3) is 10.8 Å². The summed E-state index contributed by atoms with van der Waals surface area (Å²) in [5.74, 6) is 0.925. The van der Waals surface area contributed by atoms with Gasteiger partial charge in [-0.15, -0.1) is 0 Å². The maximum Gasteiger partial charge on any atom is 0.224 e. The van der Waals surface area contributed by atoms with Crippen LogP contribution in [0.3, 0.4) is 0 Å². The molecule has 2 rings (SSSR count). The smallest absolute Gasteiger partial charge is 0.224 e. The largest absolute Gasteiger partial charge is 0.497 e. The van der Waals surface area contributed by atoms with Gasteiger partial charge < -0.3 is 15.8 Å². The van der Waals surface area contributed by atoms with Crippen molar-refractivity contribution in [2.45, 2.75) is 32.6 Å². The lowest BCUT2D eigenvalue weighted by atomic mass is 9.98. The summed E-state index contributed by atoms with van der Waals surface area (Å²) in [6.07, 6.45) is 3.49. The molecule has 124 valence electrons. The first-order chi connectivity index (χ1) is 11.2. The Kier molecular flexibility index (Phi) is 6.41. The van der Waals surface area contributed by atoms with Crippen LogP contribution >= 0.6 is 0 Å². The predicted octanol–water partition coefficient (Wildman–Crippen LogP) is 2.94. The van der Waals surface area contributed by atoms with E-state index in [2.05, 4.69) is 24.4 Å². The van der Waals surface area contributed by atoms with Crippen molar-refractivity contribution in [3.8, 4) is 5.75 Å². The zero-order chi connectivity index (χ0) is 16.7. The molecule has 0 saturated carbocycles. The van der Waals surface area contributed by atoms with Crippen LogP contribution in [0.15, 0.2) is 30.3 Å². The van der Waals surface area contributed by atoms with Gasteiger partial charge in [0.15, 0.2) is 0 Å². The normalized spacial score (nSPS) is 10.7. The number of rotatable bonds is 8. The van der Waals surface area contributed by atoms with Crippen molar-refractivity contribution >= 4 is 16.7 Å². The first-order valence-corrected chi connectivity index (χ1v) is 8.18. The monoisotopic (exact) mass is 314 g/mol. The van der Waals surface area contributed by atoms with Gasteiger partial charge in [0.25, 0.3) is 0 Å². The van der Waals surface area contributed by atoms with E-state index in [-0.39, 0.29) is 5.91 Å². The molecule has 0 radical (unpaired) electrons. The molecule has 2 aromatic rings. The van der Waals surface area contributed by atoms with Crippen molar-refractivity contribution < 1.29 is 9.53 Å². The molecule has 0 spiro atoms. The maximum absolute atomic E-state index is 12.1. The van der Waals surface area contributed by atoms with Gasteiger partial charge in [-0.2, -0.15) is 0 Å². The zero-order valence-corrected chi connectivity index (χ0v) is 14.0. The molecule has 23 heavy (non-hydrogen) atoms. The van der Waals surface area contributed by atoms with Gasteiger partial charge in [-0.25, -0.2) is 0 Å². The fraction of sp³-hybridized carbons (Fsp3) is 0.421. The van der Waals surface area contributed by atoms with Crippen molar-refractivity contribution in [2.24, 2.45) is 5.73 Å². The summed E-state index contributed by atoms with van der Waals surface area (Å²) in [7, 11) is 1.67. The topological polar surface area (TPSA) is 64.3 Å². The summed E-state index contributed by atoms with van der Waals surface area (Å²) < 4.78 is 5.26. The third kappa shape index (κ3) is 4.70. The zero-order valence-electron chi connectivity index (χ0n) is 14.0. The van der Waals surface area contributed by atoms with Crippen LogP contribution in [0, 0.1) is 6.92 Å². The van der Waals surface area contributed by atoms with E-state index in [9.17, 15) is 4.79 Å². The summed E-state index contributed by atoms with van der Waals surface area (Å²) in [5, 5.41) is 5.28. The van der Waals surface area contributed by atoms with E-state index < -0.39 is 0 Å². The average molecular weight is 314 g/mol. The Morgan fingerprint density at radius 1 is 1.17 bits per heavy atom. The summed E-state index contributed by atoms with van der Waals surface area (Å²) in [6, 6.07) is 10.1. The highest BCUT2D eigenvalue weighted by Gasteiger charge is 2.09. The molecule has 4 nitrogen and oxygen atoms in total. The molecule has 0 atom stereocenters. The Balaban J connectivity index is 2.00. The van der Waals surface area contributed by atoms with Crippen molar-refractivity contribution in [1.82, 2.24) is 5.32 Å². The van der Waals surface area contributed by atoms with Crippen LogP contribution in [-0.4, -0.2) is 26.1 Å². The van der Waals surface area contributed by atoms with Crippen molar-refractivity contribution in [3.63, 3.8) is 0 Å². The highest BCUT2D eigenvalue weighted by Crippen LogP contribution is 2.26. The molecule has 3 N–H and O–H groups in total. The number of nitrogens with one attached hydrogen (secondary N) is 1. The van der Waals surface area contributed by atoms with Crippen molar-refractivity contribution in [1.29, 1.82) is 0 Å². The minimum absolute atomic E-state index is 0.0775. The van der Waals surface area contributed by atoms with Gasteiger partial charge in [0.05, 0.1) is 13.5 Å². The molecule has 0 aliphatic carbocycles. The minimum atomic E-state index is 0.0775. The number of nitrogens with two attached hydrogens (primary N) is 1. The van der Waals surface area contributed by atoms with Crippen LogP contribution < -0.4 is 15.8 Å². The van der Waals surface area contributed by atoms with E-state index in [1.54, 1.807) is 7.11 Å². The SMILES string of the molecule is COc1ccc2c(C)c(CC(=O)NCCCCCN)ccc2c1. The van der Waals surface area contributed by atoms with Crippen LogP contribution in [0.5, 0.6) is 5.75 Å². The molecular weight excluding hydrogens is 288 g/mol. The summed E-state index contributed by atoms with van der Waals surface area (Å²) >= 11 is 0. The number of aryl methyl sites for hydroxylation is 1. The number of carbonyl (C=O) groups is 1. The van der Waals surface area contributed by atoms with Crippen LogP contribution in [0.4, 0.5) is 0 Å². The number of unbranched alkanes of at least 4 members (excludes halogenated alkanes) is 2. The Hall–Kier alpha value is -2.07. The lowest BCUT2D eigenvalue weighted by Crippen LogP contribution is -2.26. The third-order valence-electron chi connectivity index (χ3n) is 4.16. The van der Waals surface area contributed by atoms with Gasteiger partial charge in [0, 0.05) is 6.54 Å². The number of methoxy groups -OCH3 is 1. The highest BCUT2D eigenvalue weighted by atomic mass is 16.5. The van der Waals surface area contributed by atoms with Crippen molar-refractivity contribution in [3.05, 3.63) is 41.5 Å². The first-order valence-electron chi connectivity index (χ1n) is 8.18. The minimum Gasteiger partial charge on any atom is -0.497 e. The van der Waals surface area contributed by atoms with Gasteiger partial charge in [-0.3, -0.25) is 4.79 Å². The molecule has 0 unspecified atom stereocenters. The summed E-state index contributed by atoms with van der Waals surface area (Å²) in [4.78, 5) is 12.1. The van der Waals surface area contributed by atoms with E-state index in [0.29, 0.717) is 6.42 Å². The van der Waals surface area contributed by atoms with E-state index >= 15 is 0 Å². The molecule has 4 heteroatoms. The molecule has 0 saturated heterocycles. The Labute approximate surface area is 138 Å². The van der Waals surface area contributed by atoms with Gasteiger partial charge in [0.2, 0.25) is 5.91 Å². The molecule has 0 heterocycles. The second-order valence-electron chi connectivity index (χ2n) is 5.81. The number of ether oxygens (including phenoxy) is 1.